The van der Waals surface area contributed by atoms with Crippen LogP contribution in [0.5, 0.6) is 0 Å². The molecular formula is C23H39FN6O. The van der Waals surface area contributed by atoms with Gasteiger partial charge in [-0.05, 0) is 45.0 Å². The molecule has 0 bridgehead atoms. The van der Waals surface area contributed by atoms with Crippen molar-refractivity contribution in [2.45, 2.75) is 26.3 Å². The first kappa shape index (κ1) is 23.8. The molecule has 3 rings (SSSR count). The molecule has 1 aromatic carbocycles. The molecule has 8 heteroatoms. The molecule has 2 heterocycles. The summed E-state index contributed by atoms with van der Waals surface area (Å²) in [6, 6.07) is 6.80. The van der Waals surface area contributed by atoms with E-state index in [2.05, 4.69) is 46.1 Å². The molecule has 0 saturated carbocycles. The van der Waals surface area contributed by atoms with E-state index in [1.165, 1.54) is 12.1 Å². The molecule has 0 amide bonds. The van der Waals surface area contributed by atoms with E-state index >= 15 is 0 Å². The minimum absolute atomic E-state index is 0.0167. The standard InChI is InChI=1S/C23H39FN6O/c1-4-25-22(27-19-23(2,3)30-15-17-31-18-16-30)26-9-10-28-11-13-29(14-12-28)21-7-5-20(24)6-8-21/h5-8H,4,9-19H2,1-3H3,(H2,25,26,27). The van der Waals surface area contributed by atoms with E-state index in [9.17, 15) is 4.39 Å². The second kappa shape index (κ2) is 11.6. The van der Waals surface area contributed by atoms with Crippen LogP contribution >= 0.6 is 0 Å². The van der Waals surface area contributed by atoms with Crippen molar-refractivity contribution in [1.29, 1.82) is 0 Å². The van der Waals surface area contributed by atoms with Gasteiger partial charge in [0.15, 0.2) is 5.96 Å². The Labute approximate surface area is 186 Å². The third kappa shape index (κ3) is 7.33. The minimum atomic E-state index is -0.181. The molecule has 0 aliphatic carbocycles. The summed E-state index contributed by atoms with van der Waals surface area (Å²) in [7, 11) is 0. The van der Waals surface area contributed by atoms with E-state index in [0.29, 0.717) is 0 Å². The van der Waals surface area contributed by atoms with Crippen LogP contribution in [0.15, 0.2) is 29.3 Å². The number of guanidine groups is 1. The van der Waals surface area contributed by atoms with Gasteiger partial charge in [0.2, 0.25) is 0 Å². The highest BCUT2D eigenvalue weighted by Gasteiger charge is 2.28. The number of rotatable bonds is 8. The van der Waals surface area contributed by atoms with Crippen LogP contribution in [-0.2, 0) is 4.74 Å². The molecule has 2 N–H and O–H groups in total. The average Bonchev–Trinajstić information content (AvgIpc) is 2.79. The molecule has 2 aliphatic rings. The molecule has 31 heavy (non-hydrogen) atoms. The van der Waals surface area contributed by atoms with E-state index < -0.39 is 0 Å². The van der Waals surface area contributed by atoms with Crippen molar-refractivity contribution in [2.24, 2.45) is 4.99 Å². The van der Waals surface area contributed by atoms with Crippen LogP contribution in [0, 0.1) is 5.82 Å². The first-order valence-corrected chi connectivity index (χ1v) is 11.6. The molecule has 0 unspecified atom stereocenters. The monoisotopic (exact) mass is 434 g/mol. The lowest BCUT2D eigenvalue weighted by molar-refractivity contribution is -0.00683. The number of piperazine rings is 1. The van der Waals surface area contributed by atoms with Crippen molar-refractivity contribution in [1.82, 2.24) is 20.4 Å². The Kier molecular flexibility index (Phi) is 8.92. The number of anilines is 1. The number of nitrogens with one attached hydrogen (secondary N) is 2. The number of halogens is 1. The second-order valence-electron chi connectivity index (χ2n) is 8.84. The summed E-state index contributed by atoms with van der Waals surface area (Å²) in [5.41, 5.74) is 1.12. The maximum Gasteiger partial charge on any atom is 0.191 e. The molecule has 0 aromatic heterocycles. The van der Waals surface area contributed by atoms with Gasteiger partial charge in [-0.1, -0.05) is 0 Å². The van der Waals surface area contributed by atoms with Gasteiger partial charge in [-0.2, -0.15) is 0 Å². The van der Waals surface area contributed by atoms with E-state index in [0.717, 1.165) is 90.3 Å². The van der Waals surface area contributed by atoms with E-state index in [1.807, 2.05) is 12.1 Å². The van der Waals surface area contributed by atoms with Gasteiger partial charge in [0.05, 0.1) is 19.8 Å². The molecule has 174 valence electrons. The fraction of sp³-hybridized carbons (Fsp3) is 0.696. The molecule has 1 aromatic rings. The highest BCUT2D eigenvalue weighted by Crippen LogP contribution is 2.17. The van der Waals surface area contributed by atoms with Gasteiger partial charge in [-0.3, -0.25) is 14.8 Å². The smallest absolute Gasteiger partial charge is 0.191 e. The number of morpholine rings is 1. The largest absolute Gasteiger partial charge is 0.379 e. The molecule has 2 fully saturated rings. The lowest BCUT2D eigenvalue weighted by Crippen LogP contribution is -2.52. The number of ether oxygens (including phenoxy) is 1. The normalized spacial score (nSPS) is 19.5. The topological polar surface area (TPSA) is 55.4 Å². The van der Waals surface area contributed by atoms with Crippen LogP contribution in [0.4, 0.5) is 10.1 Å². The fourth-order valence-electron chi connectivity index (χ4n) is 4.10. The SMILES string of the molecule is CCNC(=NCC(C)(C)N1CCOCC1)NCCN1CCN(c2ccc(F)cc2)CC1. The Morgan fingerprint density at radius 3 is 2.35 bits per heavy atom. The maximum absolute atomic E-state index is 13.1. The van der Waals surface area contributed by atoms with Crippen LogP contribution < -0.4 is 15.5 Å². The zero-order chi connectivity index (χ0) is 22.1. The third-order valence-electron chi connectivity index (χ3n) is 6.12. The first-order chi connectivity index (χ1) is 15.0. The highest BCUT2D eigenvalue weighted by atomic mass is 19.1. The number of hydrogen-bond acceptors (Lipinski definition) is 5. The van der Waals surface area contributed by atoms with Crippen LogP contribution in [0.3, 0.4) is 0 Å². The summed E-state index contributed by atoms with van der Waals surface area (Å²) in [6.07, 6.45) is 0. The predicted octanol–water partition coefficient (Wildman–Crippen LogP) is 1.61. The Balaban J connectivity index is 1.41. The summed E-state index contributed by atoms with van der Waals surface area (Å²) in [5, 5.41) is 6.86. The molecular weight excluding hydrogens is 395 g/mol. The minimum Gasteiger partial charge on any atom is -0.379 e. The van der Waals surface area contributed by atoms with Crippen molar-refractivity contribution in [3.63, 3.8) is 0 Å². The van der Waals surface area contributed by atoms with Crippen LogP contribution in [0.1, 0.15) is 20.8 Å². The van der Waals surface area contributed by atoms with Crippen molar-refractivity contribution >= 4 is 11.6 Å². The van der Waals surface area contributed by atoms with Gasteiger partial charge in [-0.15, -0.1) is 0 Å². The van der Waals surface area contributed by atoms with Crippen LogP contribution in [0.2, 0.25) is 0 Å². The third-order valence-corrected chi connectivity index (χ3v) is 6.12. The van der Waals surface area contributed by atoms with E-state index in [1.54, 1.807) is 0 Å². The molecule has 0 radical (unpaired) electrons. The lowest BCUT2D eigenvalue weighted by atomic mass is 10.0. The first-order valence-electron chi connectivity index (χ1n) is 11.6. The zero-order valence-corrected chi connectivity index (χ0v) is 19.4. The van der Waals surface area contributed by atoms with E-state index in [-0.39, 0.29) is 11.4 Å². The number of benzene rings is 1. The number of nitrogens with zero attached hydrogens (tertiary/aromatic N) is 4. The predicted molar refractivity (Wildman–Crippen MR) is 126 cm³/mol. The molecule has 0 atom stereocenters. The Bertz CT molecular complexity index is 682. The molecule has 2 saturated heterocycles. The van der Waals surface area contributed by atoms with Crippen molar-refractivity contribution in [2.75, 3.05) is 83.6 Å². The van der Waals surface area contributed by atoms with Gasteiger partial charge in [0.1, 0.15) is 5.82 Å². The van der Waals surface area contributed by atoms with Gasteiger partial charge >= 0.3 is 0 Å². The highest BCUT2D eigenvalue weighted by molar-refractivity contribution is 5.79. The second-order valence-corrected chi connectivity index (χ2v) is 8.84. The molecule has 7 nitrogen and oxygen atoms in total. The Morgan fingerprint density at radius 1 is 1.03 bits per heavy atom. The van der Waals surface area contributed by atoms with Gasteiger partial charge in [-0.25, -0.2) is 4.39 Å². The molecule has 0 spiro atoms. The Morgan fingerprint density at radius 2 is 1.71 bits per heavy atom. The molecule has 2 aliphatic heterocycles. The summed E-state index contributed by atoms with van der Waals surface area (Å²) >= 11 is 0. The fourth-order valence-corrected chi connectivity index (χ4v) is 4.10. The van der Waals surface area contributed by atoms with Crippen LogP contribution in [0.25, 0.3) is 0 Å². The van der Waals surface area contributed by atoms with Crippen molar-refractivity contribution < 1.29 is 9.13 Å². The average molecular weight is 435 g/mol. The summed E-state index contributed by atoms with van der Waals surface area (Å²) in [6.45, 7) is 17.5. The maximum atomic E-state index is 13.1. The quantitative estimate of drug-likeness (QED) is 0.479. The number of hydrogen-bond donors (Lipinski definition) is 2. The van der Waals surface area contributed by atoms with Crippen molar-refractivity contribution in [3.8, 4) is 0 Å². The summed E-state index contributed by atoms with van der Waals surface area (Å²) < 4.78 is 18.6. The Hall–Kier alpha value is -1.90. The van der Waals surface area contributed by atoms with E-state index in [4.69, 9.17) is 9.73 Å². The van der Waals surface area contributed by atoms with Gasteiger partial charge in [0, 0.05) is 70.1 Å². The lowest BCUT2D eigenvalue weighted by Gasteiger charge is -2.40. The van der Waals surface area contributed by atoms with Crippen molar-refractivity contribution in [3.05, 3.63) is 30.1 Å². The van der Waals surface area contributed by atoms with Gasteiger partial charge < -0.3 is 20.3 Å². The summed E-state index contributed by atoms with van der Waals surface area (Å²) in [4.78, 5) is 12.1. The van der Waals surface area contributed by atoms with Gasteiger partial charge in [0.25, 0.3) is 0 Å². The number of aliphatic imine (C=N–C) groups is 1. The zero-order valence-electron chi connectivity index (χ0n) is 19.4. The summed E-state index contributed by atoms with van der Waals surface area (Å²) in [5.74, 6) is 0.703. The van der Waals surface area contributed by atoms with Crippen LogP contribution in [-0.4, -0.2) is 100.0 Å².